The van der Waals surface area contributed by atoms with Gasteiger partial charge in [-0.3, -0.25) is 0 Å². The van der Waals surface area contributed by atoms with Gasteiger partial charge in [0.2, 0.25) is 0 Å². The molecule has 0 aromatic heterocycles. The van der Waals surface area contributed by atoms with E-state index in [0.29, 0.717) is 0 Å². The molecular weight excluding hydrogens is 132 g/mol. The highest BCUT2D eigenvalue weighted by molar-refractivity contribution is 5.03. The third-order valence-corrected chi connectivity index (χ3v) is 1.65. The van der Waals surface area contributed by atoms with Gasteiger partial charge in [0.15, 0.2) is 0 Å². The Hall–Kier alpha value is -0.780. The largest absolute Gasteiger partial charge is 0.0879 e. The molecule has 0 atom stereocenters. The summed E-state index contributed by atoms with van der Waals surface area (Å²) in [5.74, 6) is 0. The summed E-state index contributed by atoms with van der Waals surface area (Å²) < 4.78 is 0. The molecule has 11 heavy (non-hydrogen) atoms. The van der Waals surface area contributed by atoms with Gasteiger partial charge in [0, 0.05) is 0 Å². The van der Waals surface area contributed by atoms with Gasteiger partial charge in [-0.2, -0.15) is 0 Å². The van der Waals surface area contributed by atoms with E-state index in [1.807, 2.05) is 0 Å². The zero-order valence-electron chi connectivity index (χ0n) is 6.87. The molecule has 0 unspecified atom stereocenters. The van der Waals surface area contributed by atoms with Gasteiger partial charge in [0.25, 0.3) is 0 Å². The van der Waals surface area contributed by atoms with E-state index in [1.165, 1.54) is 12.8 Å². The Morgan fingerprint density at radius 1 is 0.636 bits per heavy atom. The van der Waals surface area contributed by atoms with Crippen molar-refractivity contribution in [2.45, 2.75) is 25.7 Å². The van der Waals surface area contributed by atoms with E-state index in [-0.39, 0.29) is 0 Å². The fraction of sp³-hybridized carbons (Fsp3) is 0.364. The predicted octanol–water partition coefficient (Wildman–Crippen LogP) is 3.43. The van der Waals surface area contributed by atoms with E-state index in [9.17, 15) is 0 Å². The zero-order valence-corrected chi connectivity index (χ0v) is 6.87. The lowest BCUT2D eigenvalue weighted by atomic mass is 10.2. The smallest absolute Gasteiger partial charge is 0.0133 e. The van der Waals surface area contributed by atoms with Crippen LogP contribution in [0.4, 0.5) is 0 Å². The molecule has 0 heterocycles. The van der Waals surface area contributed by atoms with Gasteiger partial charge in [-0.05, 0) is 32.1 Å². The van der Waals surface area contributed by atoms with Crippen LogP contribution in [0.2, 0.25) is 0 Å². The Morgan fingerprint density at radius 3 is 2.36 bits per heavy atom. The van der Waals surface area contributed by atoms with Crippen LogP contribution in [0.5, 0.6) is 0 Å². The summed E-state index contributed by atoms with van der Waals surface area (Å²) >= 11 is 0. The van der Waals surface area contributed by atoms with E-state index in [2.05, 4.69) is 42.9 Å². The van der Waals surface area contributed by atoms with E-state index in [1.54, 1.807) is 0 Å². The number of allylic oxidation sites excluding steroid dienone is 6. The summed E-state index contributed by atoms with van der Waals surface area (Å²) in [4.78, 5) is 0. The average Bonchev–Trinajstić information content (AvgIpc) is 2.08. The molecule has 0 fully saturated rings. The molecular formula is C11H15. The summed E-state index contributed by atoms with van der Waals surface area (Å²) in [6, 6.07) is 0. The van der Waals surface area contributed by atoms with Crippen molar-refractivity contribution in [2.24, 2.45) is 0 Å². The average molecular weight is 147 g/mol. The van der Waals surface area contributed by atoms with Crippen LogP contribution < -0.4 is 0 Å². The van der Waals surface area contributed by atoms with Crippen LogP contribution in [0.15, 0.2) is 36.5 Å². The number of rotatable bonds is 0. The van der Waals surface area contributed by atoms with Crippen molar-refractivity contribution in [1.29, 1.82) is 0 Å². The Kier molecular flexibility index (Phi) is 4.51. The van der Waals surface area contributed by atoms with Gasteiger partial charge in [-0.1, -0.05) is 36.5 Å². The van der Waals surface area contributed by atoms with Crippen molar-refractivity contribution < 1.29 is 0 Å². The highest BCUT2D eigenvalue weighted by atomic mass is 13.9. The zero-order chi connectivity index (χ0) is 7.78. The standard InChI is InChI=1S/C11H15/c1-2-4-6-8-10-11-9-7-5-3-1/h1-3,6,8-9,11H,4-5,7,10H2/b3-1+,8-6+,11-9-. The van der Waals surface area contributed by atoms with Crippen molar-refractivity contribution >= 4 is 0 Å². The van der Waals surface area contributed by atoms with Gasteiger partial charge >= 0.3 is 0 Å². The van der Waals surface area contributed by atoms with Gasteiger partial charge in [-0.25, -0.2) is 0 Å². The van der Waals surface area contributed by atoms with Gasteiger partial charge < -0.3 is 0 Å². The van der Waals surface area contributed by atoms with Crippen LogP contribution in [0.1, 0.15) is 25.7 Å². The lowest BCUT2D eigenvalue weighted by Crippen LogP contribution is -1.66. The molecule has 0 aliphatic heterocycles. The first-order chi connectivity index (χ1) is 5.50. The SMILES string of the molecule is [CH]1/C=C/CC/C=C\C/C=C/C1. The number of hydrogen-bond acceptors (Lipinski definition) is 0. The molecule has 0 aromatic rings. The highest BCUT2D eigenvalue weighted by Crippen LogP contribution is 2.00. The lowest BCUT2D eigenvalue weighted by Gasteiger charge is -1.85. The highest BCUT2D eigenvalue weighted by Gasteiger charge is 1.81. The van der Waals surface area contributed by atoms with Crippen LogP contribution in [-0.2, 0) is 0 Å². The molecule has 0 saturated heterocycles. The Morgan fingerprint density at radius 2 is 1.36 bits per heavy atom. The second-order valence-electron chi connectivity index (χ2n) is 2.66. The molecule has 1 aliphatic carbocycles. The molecule has 1 radical (unpaired) electrons. The molecule has 1 aliphatic rings. The second-order valence-corrected chi connectivity index (χ2v) is 2.66. The maximum Gasteiger partial charge on any atom is -0.0133 e. The molecule has 0 heteroatoms. The van der Waals surface area contributed by atoms with Gasteiger partial charge in [0.05, 0.1) is 0 Å². The first-order valence-electron chi connectivity index (χ1n) is 4.28. The van der Waals surface area contributed by atoms with Crippen LogP contribution in [0.25, 0.3) is 0 Å². The van der Waals surface area contributed by atoms with E-state index >= 15 is 0 Å². The Bertz CT molecular complexity index is 143. The minimum atomic E-state index is 1.07. The topological polar surface area (TPSA) is 0 Å². The minimum absolute atomic E-state index is 1.07. The van der Waals surface area contributed by atoms with Crippen molar-refractivity contribution in [3.63, 3.8) is 0 Å². The molecule has 0 saturated carbocycles. The first kappa shape index (κ1) is 8.32. The second kappa shape index (κ2) is 5.96. The fourth-order valence-corrected chi connectivity index (χ4v) is 1.03. The Labute approximate surface area is 69.3 Å². The lowest BCUT2D eigenvalue weighted by molar-refractivity contribution is 1.04. The van der Waals surface area contributed by atoms with Gasteiger partial charge in [0.1, 0.15) is 0 Å². The summed E-state index contributed by atoms with van der Waals surface area (Å²) in [6.07, 6.45) is 20.0. The third kappa shape index (κ3) is 4.60. The summed E-state index contributed by atoms with van der Waals surface area (Å²) in [5, 5.41) is 0. The summed E-state index contributed by atoms with van der Waals surface area (Å²) in [5.41, 5.74) is 0. The van der Waals surface area contributed by atoms with Gasteiger partial charge in [-0.15, -0.1) is 0 Å². The van der Waals surface area contributed by atoms with Crippen molar-refractivity contribution in [2.75, 3.05) is 0 Å². The van der Waals surface area contributed by atoms with Crippen LogP contribution in [0.3, 0.4) is 0 Å². The van der Waals surface area contributed by atoms with E-state index < -0.39 is 0 Å². The molecule has 1 rings (SSSR count). The van der Waals surface area contributed by atoms with Crippen molar-refractivity contribution in [1.82, 2.24) is 0 Å². The fourth-order valence-electron chi connectivity index (χ4n) is 1.03. The summed E-state index contributed by atoms with van der Waals surface area (Å²) in [7, 11) is 0. The molecule has 0 bridgehead atoms. The van der Waals surface area contributed by atoms with E-state index in [0.717, 1.165) is 12.8 Å². The van der Waals surface area contributed by atoms with Crippen molar-refractivity contribution in [3.8, 4) is 0 Å². The maximum absolute atomic E-state index is 2.25. The maximum atomic E-state index is 2.25. The molecule has 0 amide bonds. The van der Waals surface area contributed by atoms with Crippen LogP contribution >= 0.6 is 0 Å². The van der Waals surface area contributed by atoms with Crippen LogP contribution in [0, 0.1) is 6.42 Å². The monoisotopic (exact) mass is 147 g/mol. The third-order valence-electron chi connectivity index (χ3n) is 1.65. The molecule has 0 nitrogen and oxygen atoms in total. The molecule has 0 aromatic carbocycles. The quantitative estimate of drug-likeness (QED) is 0.460. The molecule has 0 N–H and O–H groups in total. The predicted molar refractivity (Wildman–Crippen MR) is 50.2 cm³/mol. The molecule has 0 spiro atoms. The Balaban J connectivity index is 2.34. The number of hydrogen-bond donors (Lipinski definition) is 0. The first-order valence-corrected chi connectivity index (χ1v) is 4.28. The van der Waals surface area contributed by atoms with E-state index in [4.69, 9.17) is 0 Å². The van der Waals surface area contributed by atoms with Crippen LogP contribution in [-0.4, -0.2) is 0 Å². The molecule has 59 valence electrons. The summed E-state index contributed by atoms with van der Waals surface area (Å²) in [6.45, 7) is 0. The van der Waals surface area contributed by atoms with Crippen molar-refractivity contribution in [3.05, 3.63) is 42.9 Å². The minimum Gasteiger partial charge on any atom is -0.0879 e. The normalized spacial score (nSPS) is 28.4.